The Kier molecular flexibility index (Phi) is 15.1. The fourth-order valence-corrected chi connectivity index (χ4v) is 11.3. The molecule has 3 aliphatic heterocycles. The van der Waals surface area contributed by atoms with Gasteiger partial charge in [-0.25, -0.2) is 13.8 Å². The Labute approximate surface area is 399 Å². The van der Waals surface area contributed by atoms with Crippen molar-refractivity contribution in [1.82, 2.24) is 30.1 Å². The minimum atomic E-state index is -2.75. The highest BCUT2D eigenvalue weighted by Crippen LogP contribution is 2.43. The van der Waals surface area contributed by atoms with Crippen molar-refractivity contribution in [1.29, 1.82) is 0 Å². The van der Waals surface area contributed by atoms with Crippen LogP contribution >= 0.6 is 23.1 Å². The summed E-state index contributed by atoms with van der Waals surface area (Å²) in [5, 5.41) is 10.6. The number of carbonyl (C=O) groups is 2. The molecule has 67 heavy (non-hydrogen) atoms. The molecule has 14 nitrogen and oxygen atoms in total. The molecule has 5 heterocycles. The van der Waals surface area contributed by atoms with E-state index in [1.54, 1.807) is 26.6 Å². The number of methoxy groups -OCH3 is 1. The number of rotatable bonds is 16. The van der Waals surface area contributed by atoms with E-state index in [1.165, 1.54) is 5.56 Å². The van der Waals surface area contributed by atoms with Gasteiger partial charge < -0.3 is 34.5 Å². The molecule has 3 aromatic carbocycles. The molecule has 0 spiro atoms. The number of fused-ring (bicyclic) bond motifs is 1. The number of benzene rings is 3. The first-order chi connectivity index (χ1) is 32.2. The van der Waals surface area contributed by atoms with Crippen molar-refractivity contribution >= 4 is 79.9 Å². The van der Waals surface area contributed by atoms with E-state index in [9.17, 15) is 22.9 Å². The molecular weight excluding hydrogens is 943 g/mol. The molecule has 0 radical (unpaired) electrons. The molecule has 3 saturated heterocycles. The molecule has 0 saturated carbocycles. The van der Waals surface area contributed by atoms with Crippen LogP contribution in [-0.2, 0) is 27.0 Å². The number of imide groups is 1. The summed E-state index contributed by atoms with van der Waals surface area (Å²) in [6, 6.07) is 14.8. The number of piperidine rings is 2. The second-order valence-corrected chi connectivity index (χ2v) is 21.8. The summed E-state index contributed by atoms with van der Waals surface area (Å²) in [5.74, 6) is -2.17. The number of nitrogens with one attached hydrogen (secondary N) is 3. The smallest absolute Gasteiger partial charge is 0.234 e. The average Bonchev–Trinajstić information content (AvgIpc) is 3.31. The van der Waals surface area contributed by atoms with Crippen molar-refractivity contribution in [3.05, 3.63) is 87.7 Å². The minimum absolute atomic E-state index is 0.0407. The molecule has 2 amide bonds. The zero-order valence-electron chi connectivity index (χ0n) is 38.8. The fourth-order valence-electron chi connectivity index (χ4n) is 9.58. The number of anilines is 5. The van der Waals surface area contributed by atoms with Crippen LogP contribution in [0.3, 0.4) is 0 Å². The summed E-state index contributed by atoms with van der Waals surface area (Å²) in [6.45, 7) is 14.6. The molecule has 1 atom stereocenters. The molecule has 2 aromatic heterocycles. The summed E-state index contributed by atoms with van der Waals surface area (Å²) in [5.41, 5.74) is 5.29. The first-order valence-electron chi connectivity index (χ1n) is 23.1. The van der Waals surface area contributed by atoms with Gasteiger partial charge in [0.15, 0.2) is 0 Å². The molecule has 3 aliphatic rings. The van der Waals surface area contributed by atoms with Crippen molar-refractivity contribution in [3.8, 4) is 11.5 Å². The van der Waals surface area contributed by atoms with Crippen molar-refractivity contribution in [2.24, 2.45) is 0 Å². The zero-order valence-corrected chi connectivity index (χ0v) is 41.2. The number of aromatic nitrogens is 3. The summed E-state index contributed by atoms with van der Waals surface area (Å²) in [4.78, 5) is 45.4. The first-order valence-corrected chi connectivity index (χ1v) is 26.5. The van der Waals surface area contributed by atoms with Gasteiger partial charge in [-0.15, -0.1) is 0 Å². The molecule has 0 unspecified atom stereocenters. The third-order valence-corrected chi connectivity index (χ3v) is 15.2. The number of amides is 2. The fraction of sp³-hybridized carbons (Fsp3) is 0.449. The molecule has 3 fully saturated rings. The Balaban J connectivity index is 0.836. The van der Waals surface area contributed by atoms with Gasteiger partial charge in [0, 0.05) is 110 Å². The number of piperazine rings is 1. The van der Waals surface area contributed by atoms with Crippen molar-refractivity contribution in [3.63, 3.8) is 0 Å². The van der Waals surface area contributed by atoms with Crippen molar-refractivity contribution in [2.75, 3.05) is 88.4 Å². The maximum atomic E-state index is 14.9. The lowest BCUT2D eigenvalue weighted by Gasteiger charge is -2.43. The summed E-state index contributed by atoms with van der Waals surface area (Å²) >= 11 is 3.62. The van der Waals surface area contributed by atoms with E-state index in [0.29, 0.717) is 46.7 Å². The summed E-state index contributed by atoms with van der Waals surface area (Å²) in [6.07, 6.45) is 6.26. The highest BCUT2D eigenvalue weighted by atomic mass is 79.9. The van der Waals surface area contributed by atoms with Gasteiger partial charge in [-0.2, -0.15) is 4.98 Å². The highest BCUT2D eigenvalue weighted by Gasteiger charge is 2.33. The van der Waals surface area contributed by atoms with E-state index in [4.69, 9.17) is 19.4 Å². The van der Waals surface area contributed by atoms with E-state index in [0.717, 1.165) is 117 Å². The van der Waals surface area contributed by atoms with Crippen LogP contribution in [0.15, 0.2) is 59.2 Å². The topological polar surface area (TPSA) is 154 Å². The van der Waals surface area contributed by atoms with Crippen molar-refractivity contribution < 1.29 is 32.4 Å². The minimum Gasteiger partial charge on any atom is -0.494 e. The largest absolute Gasteiger partial charge is 0.494 e. The van der Waals surface area contributed by atoms with Gasteiger partial charge in [0.2, 0.25) is 17.8 Å². The van der Waals surface area contributed by atoms with Crippen LogP contribution in [-0.4, -0.2) is 115 Å². The van der Waals surface area contributed by atoms with Crippen LogP contribution in [0.5, 0.6) is 11.5 Å². The normalized spacial score (nSPS) is 17.7. The number of nitrogens with zero attached hydrogens (tertiary/aromatic N) is 6. The van der Waals surface area contributed by atoms with Gasteiger partial charge in [0.05, 0.1) is 41.0 Å². The van der Waals surface area contributed by atoms with Gasteiger partial charge in [-0.1, -0.05) is 19.9 Å². The average molecular weight is 1000 g/mol. The van der Waals surface area contributed by atoms with E-state index in [2.05, 4.69) is 77.5 Å². The molecule has 18 heteroatoms. The molecular formula is C49H59BrF2N9O5P. The molecule has 3 N–H and O–H groups in total. The lowest BCUT2D eigenvalue weighted by atomic mass is 9.89. The van der Waals surface area contributed by atoms with Crippen LogP contribution in [0.1, 0.15) is 68.7 Å². The number of hydrogen-bond acceptors (Lipinski definition) is 13. The Hall–Kier alpha value is -5.22. The number of aryl methyl sites for hydroxylation is 2. The van der Waals surface area contributed by atoms with Crippen LogP contribution < -0.4 is 35.6 Å². The molecule has 0 bridgehead atoms. The third-order valence-electron chi connectivity index (χ3n) is 13.1. The third kappa shape index (κ3) is 11.1. The standard InChI is InChI=1S/C49H59BrF2N9O5P/c1-6-30-25-41(56-49-53-29-36(50)47(58-49)55-40-13-12-39-34(46(40)67(4,5)64)10-9-31(7-2)54-39)43(65-3)28-42(30)61-18-15-32(16-19-61)60-22-20-59(21-23-60)17-8-24-66-33-26-37(51)45(38(52)27-33)35-11-14-44(62)57-48(35)63/h9-10,12-13,25-29,32,35H,6-8,11,14-24H2,1-5H3,(H,57,62,63)(H2,53,55,56,58)/t35-/m1/s1. The van der Waals surface area contributed by atoms with Gasteiger partial charge >= 0.3 is 0 Å². The lowest BCUT2D eigenvalue weighted by Crippen LogP contribution is -2.53. The van der Waals surface area contributed by atoms with Gasteiger partial charge in [0.1, 0.15) is 36.1 Å². The highest BCUT2D eigenvalue weighted by molar-refractivity contribution is 9.10. The maximum absolute atomic E-state index is 14.9. The molecule has 356 valence electrons. The maximum Gasteiger partial charge on any atom is 0.234 e. The molecule has 8 rings (SSSR count). The first kappa shape index (κ1) is 48.2. The molecule has 0 aliphatic carbocycles. The Morgan fingerprint density at radius 2 is 1.64 bits per heavy atom. The number of halogens is 3. The van der Waals surface area contributed by atoms with E-state index in [1.807, 2.05) is 24.3 Å². The zero-order chi connectivity index (χ0) is 47.4. The Bertz CT molecular complexity index is 2670. The molecule has 5 aromatic rings. The SMILES string of the molecule is CCc1ccc2c(P(C)(C)=O)c(Nc3nc(Nc4cc(CC)c(N5CCC(N6CCN(CCCOc7cc(F)c([C@H]8CCC(=O)NC8=O)c(F)c7)CC6)CC5)cc4OC)ncc3Br)ccc2n1. The van der Waals surface area contributed by atoms with Crippen molar-refractivity contribution in [2.45, 2.75) is 70.8 Å². The predicted octanol–water partition coefficient (Wildman–Crippen LogP) is 8.51. The van der Waals surface area contributed by atoms with E-state index in [-0.39, 0.29) is 24.2 Å². The Morgan fingerprint density at radius 3 is 2.31 bits per heavy atom. The van der Waals surface area contributed by atoms with Gasteiger partial charge in [-0.05, 0) is 97.6 Å². The number of carbonyl (C=O) groups excluding carboxylic acids is 2. The Morgan fingerprint density at radius 1 is 0.896 bits per heavy atom. The quantitative estimate of drug-likeness (QED) is 0.0492. The second-order valence-electron chi connectivity index (χ2n) is 17.8. The van der Waals surface area contributed by atoms with E-state index < -0.39 is 36.5 Å². The lowest BCUT2D eigenvalue weighted by molar-refractivity contribution is -0.134. The summed E-state index contributed by atoms with van der Waals surface area (Å²) < 4.78 is 55.9. The number of pyridine rings is 1. The van der Waals surface area contributed by atoms with Crippen LogP contribution in [0.4, 0.5) is 37.6 Å². The number of ether oxygens (including phenoxy) is 2. The van der Waals surface area contributed by atoms with Gasteiger partial charge in [-0.3, -0.25) is 24.8 Å². The van der Waals surface area contributed by atoms with Crippen LogP contribution in [0, 0.1) is 11.6 Å². The van der Waals surface area contributed by atoms with Crippen LogP contribution in [0.2, 0.25) is 0 Å². The monoisotopic (exact) mass is 1000 g/mol. The van der Waals surface area contributed by atoms with Gasteiger partial charge in [0.25, 0.3) is 0 Å². The van der Waals surface area contributed by atoms with Crippen LogP contribution in [0.25, 0.3) is 10.9 Å². The predicted molar refractivity (Wildman–Crippen MR) is 264 cm³/mol. The van der Waals surface area contributed by atoms with E-state index >= 15 is 0 Å². The number of hydrogen-bond donors (Lipinski definition) is 3. The summed E-state index contributed by atoms with van der Waals surface area (Å²) in [7, 11) is -1.07. The second kappa shape index (κ2) is 21.0.